The van der Waals surface area contributed by atoms with Crippen LogP contribution in [0.1, 0.15) is 46.0 Å². The Balaban J connectivity index is 2.29. The largest absolute Gasteiger partial charge is 0.464 e. The van der Waals surface area contributed by atoms with Crippen molar-refractivity contribution in [1.82, 2.24) is 0 Å². The highest BCUT2D eigenvalue weighted by Crippen LogP contribution is 2.30. The van der Waals surface area contributed by atoms with Crippen LogP contribution in [-0.4, -0.2) is 44.7 Å². The standard InChI is InChI=1S/C19H28N2O5S/c1-3-5-12-19(20,18(23)26-4-2)27(24,25)17-8-6-15(7-9-17)21-13-10-16(22)11-14-21/h6-9H,3-5,10-14,20H2,1-2H3. The van der Waals surface area contributed by atoms with Gasteiger partial charge in [-0.3, -0.25) is 4.79 Å². The summed E-state index contributed by atoms with van der Waals surface area (Å²) in [5.74, 6) is -0.680. The Morgan fingerprint density at radius 3 is 2.30 bits per heavy atom. The van der Waals surface area contributed by atoms with Crippen molar-refractivity contribution in [3.63, 3.8) is 0 Å². The molecule has 2 N–H and O–H groups in total. The zero-order valence-corrected chi connectivity index (χ0v) is 16.8. The highest BCUT2D eigenvalue weighted by molar-refractivity contribution is 7.93. The van der Waals surface area contributed by atoms with Crippen molar-refractivity contribution in [2.75, 3.05) is 24.6 Å². The molecule has 2 rings (SSSR count). The van der Waals surface area contributed by atoms with Crippen LogP contribution in [0.15, 0.2) is 29.2 Å². The van der Waals surface area contributed by atoms with Gasteiger partial charge in [0.25, 0.3) is 0 Å². The van der Waals surface area contributed by atoms with Gasteiger partial charge in [-0.05, 0) is 37.6 Å². The summed E-state index contributed by atoms with van der Waals surface area (Å²) in [6, 6.07) is 6.31. The zero-order chi connectivity index (χ0) is 20.1. The van der Waals surface area contributed by atoms with Gasteiger partial charge in [-0.15, -0.1) is 0 Å². The maximum absolute atomic E-state index is 13.1. The fourth-order valence-electron chi connectivity index (χ4n) is 3.10. The number of nitrogens with zero attached hydrogens (tertiary/aromatic N) is 1. The number of Topliss-reactive ketones (excluding diaryl/α,β-unsaturated/α-hetero) is 1. The number of nitrogens with two attached hydrogens (primary N) is 1. The van der Waals surface area contributed by atoms with Crippen molar-refractivity contribution >= 4 is 27.3 Å². The lowest BCUT2D eigenvalue weighted by Crippen LogP contribution is -2.55. The SMILES string of the molecule is CCCCC(N)(C(=O)OCC)S(=O)(=O)c1ccc(N2CCC(=O)CC2)cc1. The second-order valence-electron chi connectivity index (χ2n) is 6.74. The van der Waals surface area contributed by atoms with Gasteiger partial charge in [0.1, 0.15) is 5.78 Å². The molecule has 0 saturated carbocycles. The van der Waals surface area contributed by atoms with Gasteiger partial charge in [-0.25, -0.2) is 13.2 Å². The summed E-state index contributed by atoms with van der Waals surface area (Å²) in [5.41, 5.74) is 6.95. The van der Waals surface area contributed by atoms with Crippen LogP contribution in [-0.2, 0) is 24.2 Å². The molecule has 0 aromatic heterocycles. The van der Waals surface area contributed by atoms with Crippen molar-refractivity contribution in [3.8, 4) is 0 Å². The number of ether oxygens (including phenoxy) is 1. The number of ketones is 1. The normalized spacial score (nSPS) is 17.4. The quantitative estimate of drug-likeness (QED) is 0.670. The topological polar surface area (TPSA) is 107 Å². The highest BCUT2D eigenvalue weighted by Gasteiger charge is 2.49. The molecule has 1 aromatic carbocycles. The molecule has 0 amide bonds. The molecule has 1 aromatic rings. The molecule has 0 radical (unpaired) electrons. The van der Waals surface area contributed by atoms with Gasteiger partial charge < -0.3 is 15.4 Å². The Morgan fingerprint density at radius 1 is 1.19 bits per heavy atom. The lowest BCUT2D eigenvalue weighted by Gasteiger charge is -2.29. The summed E-state index contributed by atoms with van der Waals surface area (Å²) in [7, 11) is -4.12. The van der Waals surface area contributed by atoms with Gasteiger partial charge in [-0.2, -0.15) is 0 Å². The predicted molar refractivity (Wildman–Crippen MR) is 103 cm³/mol. The minimum atomic E-state index is -4.12. The number of unbranched alkanes of at least 4 members (excludes halogenated alkanes) is 1. The van der Waals surface area contributed by atoms with Crippen molar-refractivity contribution in [2.45, 2.75) is 55.7 Å². The molecule has 1 atom stereocenters. The fraction of sp³-hybridized carbons (Fsp3) is 0.579. The molecule has 1 aliphatic rings. The molecule has 1 fully saturated rings. The van der Waals surface area contributed by atoms with Gasteiger partial charge in [-0.1, -0.05) is 19.8 Å². The van der Waals surface area contributed by atoms with Crippen LogP contribution in [0.2, 0.25) is 0 Å². The fourth-order valence-corrected chi connectivity index (χ4v) is 4.71. The summed E-state index contributed by atoms with van der Waals surface area (Å²) >= 11 is 0. The molecule has 0 bridgehead atoms. The summed E-state index contributed by atoms with van der Waals surface area (Å²) in [4.78, 5) is 23.7. The number of sulfone groups is 1. The second-order valence-corrected chi connectivity index (χ2v) is 8.94. The number of hydrogen-bond acceptors (Lipinski definition) is 7. The molecule has 1 heterocycles. The second kappa shape index (κ2) is 8.84. The van der Waals surface area contributed by atoms with Crippen molar-refractivity contribution in [1.29, 1.82) is 0 Å². The van der Waals surface area contributed by atoms with Gasteiger partial charge in [0.2, 0.25) is 14.7 Å². The Labute approximate surface area is 160 Å². The van der Waals surface area contributed by atoms with E-state index in [2.05, 4.69) is 0 Å². The van der Waals surface area contributed by atoms with E-state index in [0.29, 0.717) is 38.8 Å². The number of carbonyl (C=O) groups excluding carboxylic acids is 2. The lowest BCUT2D eigenvalue weighted by molar-refractivity contribution is -0.146. The van der Waals surface area contributed by atoms with E-state index in [1.54, 1.807) is 19.1 Å². The summed E-state index contributed by atoms with van der Waals surface area (Å²) < 4.78 is 31.2. The van der Waals surface area contributed by atoms with Gasteiger partial charge in [0.15, 0.2) is 0 Å². The molecule has 27 heavy (non-hydrogen) atoms. The molecule has 1 aliphatic heterocycles. The molecule has 8 heteroatoms. The van der Waals surface area contributed by atoms with Crippen molar-refractivity contribution in [3.05, 3.63) is 24.3 Å². The molecule has 0 aliphatic carbocycles. The van der Waals surface area contributed by atoms with E-state index in [1.807, 2.05) is 11.8 Å². The third-order valence-electron chi connectivity index (χ3n) is 4.84. The van der Waals surface area contributed by atoms with Crippen molar-refractivity contribution < 1.29 is 22.7 Å². The van der Waals surface area contributed by atoms with E-state index >= 15 is 0 Å². The smallest absolute Gasteiger partial charge is 0.342 e. The number of anilines is 1. The first-order valence-electron chi connectivity index (χ1n) is 9.33. The van der Waals surface area contributed by atoms with Crippen LogP contribution < -0.4 is 10.6 Å². The van der Waals surface area contributed by atoms with Crippen LogP contribution >= 0.6 is 0 Å². The van der Waals surface area contributed by atoms with E-state index in [9.17, 15) is 18.0 Å². The number of benzene rings is 1. The molecule has 1 saturated heterocycles. The molecular formula is C19H28N2O5S. The first-order valence-corrected chi connectivity index (χ1v) is 10.8. The molecule has 150 valence electrons. The predicted octanol–water partition coefficient (Wildman–Crippen LogP) is 2.04. The molecule has 0 spiro atoms. The molecule has 7 nitrogen and oxygen atoms in total. The lowest BCUT2D eigenvalue weighted by atomic mass is 10.1. The Bertz CT molecular complexity index is 766. The number of rotatable bonds is 8. The van der Waals surface area contributed by atoms with Crippen LogP contribution in [0.5, 0.6) is 0 Å². The van der Waals surface area contributed by atoms with Crippen LogP contribution in [0, 0.1) is 0 Å². The van der Waals surface area contributed by atoms with Crippen molar-refractivity contribution in [2.24, 2.45) is 5.73 Å². The minimum absolute atomic E-state index is 0.000649. The average molecular weight is 397 g/mol. The zero-order valence-electron chi connectivity index (χ0n) is 15.9. The Kier molecular flexibility index (Phi) is 7.00. The van der Waals surface area contributed by atoms with E-state index < -0.39 is 20.7 Å². The number of esters is 1. The van der Waals surface area contributed by atoms with Crippen LogP contribution in [0.25, 0.3) is 0 Å². The third kappa shape index (κ3) is 4.50. The van der Waals surface area contributed by atoms with Crippen LogP contribution in [0.3, 0.4) is 0 Å². The summed E-state index contributed by atoms with van der Waals surface area (Å²) in [6.45, 7) is 4.81. The summed E-state index contributed by atoms with van der Waals surface area (Å²) in [6.07, 6.45) is 2.19. The number of hydrogen-bond donors (Lipinski definition) is 1. The molecular weight excluding hydrogens is 368 g/mol. The van der Waals surface area contributed by atoms with E-state index in [4.69, 9.17) is 10.5 Å². The van der Waals surface area contributed by atoms with Gasteiger partial charge >= 0.3 is 5.97 Å². The summed E-state index contributed by atoms with van der Waals surface area (Å²) in [5, 5.41) is 0. The van der Waals surface area contributed by atoms with Crippen LogP contribution in [0.4, 0.5) is 5.69 Å². The average Bonchev–Trinajstić information content (AvgIpc) is 2.66. The third-order valence-corrected chi connectivity index (χ3v) is 7.06. The van der Waals surface area contributed by atoms with Gasteiger partial charge in [0.05, 0.1) is 11.5 Å². The Hall–Kier alpha value is -1.93. The molecule has 1 unspecified atom stereocenters. The Morgan fingerprint density at radius 2 is 1.78 bits per heavy atom. The van der Waals surface area contributed by atoms with E-state index in [1.165, 1.54) is 12.1 Å². The minimum Gasteiger partial charge on any atom is -0.464 e. The monoisotopic (exact) mass is 396 g/mol. The first-order chi connectivity index (χ1) is 12.8. The maximum Gasteiger partial charge on any atom is 0.342 e. The highest BCUT2D eigenvalue weighted by atomic mass is 32.2. The van der Waals surface area contributed by atoms with E-state index in [0.717, 1.165) is 5.69 Å². The first kappa shape index (κ1) is 21.4. The van der Waals surface area contributed by atoms with Gasteiger partial charge in [0, 0.05) is 31.6 Å². The number of carbonyl (C=O) groups is 2. The maximum atomic E-state index is 13.1. The van der Waals surface area contributed by atoms with E-state index in [-0.39, 0.29) is 23.7 Å². The number of piperidine rings is 1.